The number of rotatable bonds is 3. The quantitative estimate of drug-likeness (QED) is 0.863. The van der Waals surface area contributed by atoms with Crippen molar-refractivity contribution in [1.82, 2.24) is 4.90 Å². The van der Waals surface area contributed by atoms with Crippen molar-refractivity contribution in [1.29, 1.82) is 0 Å². The highest BCUT2D eigenvalue weighted by atomic mass is 16.5. The van der Waals surface area contributed by atoms with Crippen LogP contribution in [0, 0.1) is 0 Å². The number of carbonyl (C=O) groups is 2. The maximum atomic E-state index is 12.9. The number of aliphatic hydroxyl groups excluding tert-OH is 1. The highest BCUT2D eigenvalue weighted by molar-refractivity contribution is 6.35. The van der Waals surface area contributed by atoms with Crippen molar-refractivity contribution in [3.05, 3.63) is 35.6 Å². The van der Waals surface area contributed by atoms with Crippen LogP contribution in [0.15, 0.2) is 30.0 Å². The van der Waals surface area contributed by atoms with E-state index >= 15 is 0 Å². The lowest BCUT2D eigenvalue weighted by molar-refractivity contribution is -0.141. The van der Waals surface area contributed by atoms with E-state index in [4.69, 9.17) is 4.74 Å². The van der Waals surface area contributed by atoms with Gasteiger partial charge in [-0.1, -0.05) is 50.3 Å². The fourth-order valence-corrected chi connectivity index (χ4v) is 3.65. The van der Waals surface area contributed by atoms with E-state index in [1.54, 1.807) is 24.3 Å². The fourth-order valence-electron chi connectivity index (χ4n) is 3.65. The molecule has 2 aliphatic rings. The van der Waals surface area contributed by atoms with Gasteiger partial charge < -0.3 is 9.84 Å². The molecule has 1 aromatic rings. The predicted octanol–water partition coefficient (Wildman–Crippen LogP) is 3.45. The summed E-state index contributed by atoms with van der Waals surface area (Å²) in [5.41, 5.74) is 0.517. The summed E-state index contributed by atoms with van der Waals surface area (Å²) >= 11 is 0. The van der Waals surface area contributed by atoms with Crippen LogP contribution in [-0.2, 0) is 9.59 Å². The van der Waals surface area contributed by atoms with Gasteiger partial charge in [0.05, 0.1) is 12.7 Å². The van der Waals surface area contributed by atoms with Gasteiger partial charge in [-0.05, 0) is 18.9 Å². The number of benzene rings is 1. The zero-order chi connectivity index (χ0) is 17.1. The second-order valence-corrected chi connectivity index (χ2v) is 6.40. The number of ether oxygens (including phenoxy) is 1. The van der Waals surface area contributed by atoms with Gasteiger partial charge in [0.2, 0.25) is 0 Å². The molecule has 1 aromatic carbocycles. The Balaban J connectivity index is 1.92. The van der Waals surface area contributed by atoms with Crippen molar-refractivity contribution in [2.24, 2.45) is 0 Å². The largest absolute Gasteiger partial charge is 0.502 e. The maximum Gasteiger partial charge on any atom is 0.296 e. The molecule has 24 heavy (non-hydrogen) atoms. The van der Waals surface area contributed by atoms with Gasteiger partial charge in [-0.25, -0.2) is 0 Å². The number of hydrogen-bond acceptors (Lipinski definition) is 4. The Morgan fingerprint density at radius 1 is 1.00 bits per heavy atom. The molecule has 1 aliphatic heterocycles. The van der Waals surface area contributed by atoms with Gasteiger partial charge in [0.15, 0.2) is 5.76 Å². The summed E-state index contributed by atoms with van der Waals surface area (Å²) in [5, 5.41) is 10.3. The van der Waals surface area contributed by atoms with Gasteiger partial charge >= 0.3 is 0 Å². The Bertz CT molecular complexity index is 672. The minimum atomic E-state index is -0.577. The maximum absolute atomic E-state index is 12.9. The zero-order valence-corrected chi connectivity index (χ0v) is 14.0. The summed E-state index contributed by atoms with van der Waals surface area (Å²) in [6, 6.07) is 6.82. The summed E-state index contributed by atoms with van der Waals surface area (Å²) in [4.78, 5) is 26.7. The van der Waals surface area contributed by atoms with Crippen molar-refractivity contribution in [2.45, 2.75) is 51.0 Å². The molecule has 3 rings (SSSR count). The van der Waals surface area contributed by atoms with Gasteiger partial charge in [-0.15, -0.1) is 0 Å². The molecule has 1 saturated carbocycles. The molecule has 5 nitrogen and oxygen atoms in total. The number of imide groups is 1. The first-order valence-electron chi connectivity index (χ1n) is 8.59. The topological polar surface area (TPSA) is 66.8 Å². The van der Waals surface area contributed by atoms with Gasteiger partial charge in [0.1, 0.15) is 5.75 Å². The molecule has 0 atom stereocenters. The second kappa shape index (κ2) is 7.07. The first-order chi connectivity index (χ1) is 11.6. The van der Waals surface area contributed by atoms with Gasteiger partial charge in [-0.3, -0.25) is 14.5 Å². The first-order valence-corrected chi connectivity index (χ1v) is 8.59. The van der Waals surface area contributed by atoms with Gasteiger partial charge in [0.25, 0.3) is 11.8 Å². The molecule has 0 radical (unpaired) electrons. The van der Waals surface area contributed by atoms with E-state index in [2.05, 4.69) is 0 Å². The molecule has 0 bridgehead atoms. The Morgan fingerprint density at radius 3 is 2.29 bits per heavy atom. The van der Waals surface area contributed by atoms with E-state index in [1.165, 1.54) is 18.4 Å². The molecule has 1 aliphatic carbocycles. The van der Waals surface area contributed by atoms with Crippen LogP contribution in [0.1, 0.15) is 50.5 Å². The van der Waals surface area contributed by atoms with E-state index in [9.17, 15) is 14.7 Å². The van der Waals surface area contributed by atoms with Crippen LogP contribution >= 0.6 is 0 Å². The Kier molecular flexibility index (Phi) is 4.88. The second-order valence-electron chi connectivity index (χ2n) is 6.40. The van der Waals surface area contributed by atoms with Crippen molar-refractivity contribution in [2.75, 3.05) is 7.11 Å². The van der Waals surface area contributed by atoms with Crippen molar-refractivity contribution >= 4 is 17.4 Å². The smallest absolute Gasteiger partial charge is 0.296 e. The monoisotopic (exact) mass is 329 g/mol. The fraction of sp³-hybridized carbons (Fsp3) is 0.474. The van der Waals surface area contributed by atoms with Crippen LogP contribution in [0.2, 0.25) is 0 Å². The molecule has 0 aromatic heterocycles. The molecular weight excluding hydrogens is 306 g/mol. The number of hydrogen-bond donors (Lipinski definition) is 1. The van der Waals surface area contributed by atoms with E-state index in [1.807, 2.05) is 0 Å². The lowest BCUT2D eigenvalue weighted by atomic mass is 9.95. The van der Waals surface area contributed by atoms with Crippen LogP contribution in [0.4, 0.5) is 0 Å². The molecule has 1 heterocycles. The number of para-hydroxylation sites is 1. The molecule has 2 amide bonds. The average Bonchev–Trinajstić information content (AvgIpc) is 2.78. The normalized spacial score (nSPS) is 20.3. The lowest BCUT2D eigenvalue weighted by Gasteiger charge is -2.28. The summed E-state index contributed by atoms with van der Waals surface area (Å²) in [7, 11) is 1.50. The molecule has 0 unspecified atom stereocenters. The van der Waals surface area contributed by atoms with Gasteiger partial charge in [-0.2, -0.15) is 0 Å². The SMILES string of the molecule is COc1ccccc1C1=C(O)C(=O)N(C2CCCCCCC2)C1=O. The first kappa shape index (κ1) is 16.6. The predicted molar refractivity (Wildman–Crippen MR) is 90.5 cm³/mol. The molecule has 128 valence electrons. The van der Waals surface area contributed by atoms with Crippen LogP contribution < -0.4 is 4.74 Å². The van der Waals surface area contributed by atoms with E-state index < -0.39 is 17.6 Å². The summed E-state index contributed by atoms with van der Waals surface area (Å²) in [6.07, 6.45) is 7.11. The van der Waals surface area contributed by atoms with Crippen molar-refractivity contribution in [3.63, 3.8) is 0 Å². The van der Waals surface area contributed by atoms with Crippen LogP contribution in [0.3, 0.4) is 0 Å². The van der Waals surface area contributed by atoms with Gasteiger partial charge in [0, 0.05) is 11.6 Å². The highest BCUT2D eigenvalue weighted by Gasteiger charge is 2.43. The Morgan fingerprint density at radius 2 is 1.62 bits per heavy atom. The highest BCUT2D eigenvalue weighted by Crippen LogP contribution is 2.36. The van der Waals surface area contributed by atoms with E-state index in [0.29, 0.717) is 11.3 Å². The molecule has 5 heteroatoms. The van der Waals surface area contributed by atoms with Crippen molar-refractivity contribution < 1.29 is 19.4 Å². The molecule has 0 spiro atoms. The molecular formula is C19H23NO4. The lowest BCUT2D eigenvalue weighted by Crippen LogP contribution is -2.41. The zero-order valence-electron chi connectivity index (χ0n) is 14.0. The number of carbonyl (C=O) groups excluding carboxylic acids is 2. The third-order valence-corrected chi connectivity index (χ3v) is 4.91. The van der Waals surface area contributed by atoms with E-state index in [0.717, 1.165) is 38.5 Å². The third-order valence-electron chi connectivity index (χ3n) is 4.91. The Labute approximate surface area is 141 Å². The minimum absolute atomic E-state index is 0.0551. The number of nitrogens with zero attached hydrogens (tertiary/aromatic N) is 1. The summed E-state index contributed by atoms with van der Waals surface area (Å²) in [6.45, 7) is 0. The van der Waals surface area contributed by atoms with Crippen molar-refractivity contribution in [3.8, 4) is 5.75 Å². The number of amides is 2. The molecule has 1 N–H and O–H groups in total. The minimum Gasteiger partial charge on any atom is -0.502 e. The standard InChI is InChI=1S/C19H23NO4/c1-24-15-12-8-7-11-14(15)16-17(21)19(23)20(18(16)22)13-9-5-3-2-4-6-10-13/h7-8,11-13,21H,2-6,9-10H2,1H3. The van der Waals surface area contributed by atoms with Crippen LogP contribution in [0.5, 0.6) is 5.75 Å². The summed E-state index contributed by atoms with van der Waals surface area (Å²) in [5.74, 6) is -0.981. The van der Waals surface area contributed by atoms with Crippen LogP contribution in [-0.4, -0.2) is 35.0 Å². The molecule has 1 fully saturated rings. The number of aliphatic hydroxyl groups is 1. The average molecular weight is 329 g/mol. The van der Waals surface area contributed by atoms with Crippen LogP contribution in [0.25, 0.3) is 5.57 Å². The Hall–Kier alpha value is -2.30. The third kappa shape index (κ3) is 2.90. The molecule has 0 saturated heterocycles. The number of methoxy groups -OCH3 is 1. The van der Waals surface area contributed by atoms with E-state index in [-0.39, 0.29) is 11.6 Å². The summed E-state index contributed by atoms with van der Waals surface area (Å²) < 4.78 is 5.28.